The Balaban J connectivity index is 3.00. The van der Waals surface area contributed by atoms with Crippen molar-refractivity contribution in [3.8, 4) is 0 Å². The van der Waals surface area contributed by atoms with Crippen molar-refractivity contribution < 1.29 is 9.90 Å². The number of carbonyl (C=O) groups is 1. The summed E-state index contributed by atoms with van der Waals surface area (Å²) in [6.07, 6.45) is 4.66. The van der Waals surface area contributed by atoms with E-state index in [0.29, 0.717) is 5.56 Å². The number of aromatic nitrogens is 1. The number of rotatable bonds is 4. The Morgan fingerprint density at radius 3 is 3.12 bits per heavy atom. The Bertz CT molecular complexity index is 476. The zero-order chi connectivity index (χ0) is 12.0. The second kappa shape index (κ2) is 5.53. The number of aryl methyl sites for hydroxylation is 1. The molecule has 0 spiro atoms. The van der Waals surface area contributed by atoms with E-state index < -0.39 is 5.97 Å². The largest absolute Gasteiger partial charge is 0.476 e. The molecular formula is C10H10N4O2. The van der Waals surface area contributed by atoms with Gasteiger partial charge in [0.05, 0.1) is 0 Å². The first-order valence-corrected chi connectivity index (χ1v) is 4.52. The standard InChI is InChI=1S/C10H10N4O2/c1-7-5-8(3-2-4-13-14-11)9(10(15)16)12-6-7/h2-3,5-6H,4H2,1H3,(H,15,16). The predicted molar refractivity (Wildman–Crippen MR) is 59.0 cm³/mol. The highest BCUT2D eigenvalue weighted by Crippen LogP contribution is 2.10. The summed E-state index contributed by atoms with van der Waals surface area (Å²) in [5.41, 5.74) is 9.43. The first-order valence-electron chi connectivity index (χ1n) is 4.52. The molecule has 0 saturated carbocycles. The molecule has 0 saturated heterocycles. The quantitative estimate of drug-likeness (QED) is 0.477. The van der Waals surface area contributed by atoms with Crippen LogP contribution in [0.4, 0.5) is 0 Å². The van der Waals surface area contributed by atoms with Gasteiger partial charge in [-0.15, -0.1) is 0 Å². The molecule has 6 heteroatoms. The number of aromatic carboxylic acids is 1. The fourth-order valence-corrected chi connectivity index (χ4v) is 1.16. The van der Waals surface area contributed by atoms with Crippen LogP contribution in [0, 0.1) is 6.92 Å². The summed E-state index contributed by atoms with van der Waals surface area (Å²) in [5, 5.41) is 12.2. The van der Waals surface area contributed by atoms with Gasteiger partial charge in [0.25, 0.3) is 0 Å². The Morgan fingerprint density at radius 1 is 1.75 bits per heavy atom. The van der Waals surface area contributed by atoms with Crippen molar-refractivity contribution in [3.05, 3.63) is 45.6 Å². The van der Waals surface area contributed by atoms with Crippen LogP contribution in [-0.2, 0) is 0 Å². The lowest BCUT2D eigenvalue weighted by molar-refractivity contribution is 0.0690. The maximum absolute atomic E-state index is 10.8. The summed E-state index contributed by atoms with van der Waals surface area (Å²) in [4.78, 5) is 17.2. The number of azide groups is 1. The summed E-state index contributed by atoms with van der Waals surface area (Å²) >= 11 is 0. The van der Waals surface area contributed by atoms with Gasteiger partial charge in [-0.1, -0.05) is 17.3 Å². The highest BCUT2D eigenvalue weighted by Gasteiger charge is 2.08. The van der Waals surface area contributed by atoms with E-state index >= 15 is 0 Å². The van der Waals surface area contributed by atoms with Crippen LogP contribution in [0.25, 0.3) is 16.5 Å². The predicted octanol–water partition coefficient (Wildman–Crippen LogP) is 2.41. The molecule has 6 nitrogen and oxygen atoms in total. The highest BCUT2D eigenvalue weighted by molar-refractivity contribution is 5.89. The average molecular weight is 218 g/mol. The number of nitrogens with zero attached hydrogens (tertiary/aromatic N) is 4. The maximum atomic E-state index is 10.8. The normalized spacial score (nSPS) is 10.1. The number of carboxylic acid groups (broad SMARTS) is 1. The van der Waals surface area contributed by atoms with Gasteiger partial charge in [-0.3, -0.25) is 0 Å². The number of hydrogen-bond donors (Lipinski definition) is 1. The van der Waals surface area contributed by atoms with Crippen LogP contribution in [0.15, 0.2) is 23.5 Å². The molecule has 0 fully saturated rings. The first-order chi connectivity index (χ1) is 7.65. The third-order valence-corrected chi connectivity index (χ3v) is 1.80. The molecule has 82 valence electrons. The second-order valence-corrected chi connectivity index (χ2v) is 3.07. The molecule has 0 aliphatic rings. The van der Waals surface area contributed by atoms with Gasteiger partial charge in [0.15, 0.2) is 5.69 Å². The highest BCUT2D eigenvalue weighted by atomic mass is 16.4. The van der Waals surface area contributed by atoms with E-state index in [2.05, 4.69) is 15.0 Å². The molecule has 0 aliphatic carbocycles. The summed E-state index contributed by atoms with van der Waals surface area (Å²) in [6.45, 7) is 2.01. The van der Waals surface area contributed by atoms with Crippen molar-refractivity contribution in [1.29, 1.82) is 0 Å². The van der Waals surface area contributed by atoms with Gasteiger partial charge in [-0.05, 0) is 24.1 Å². The van der Waals surface area contributed by atoms with Gasteiger partial charge in [0.2, 0.25) is 0 Å². The molecule has 0 amide bonds. The molecule has 1 rings (SSSR count). The van der Waals surface area contributed by atoms with E-state index in [1.165, 1.54) is 6.20 Å². The second-order valence-electron chi connectivity index (χ2n) is 3.07. The Hall–Kier alpha value is -2.33. The van der Waals surface area contributed by atoms with Crippen LogP contribution in [0.5, 0.6) is 0 Å². The van der Waals surface area contributed by atoms with Gasteiger partial charge >= 0.3 is 5.97 Å². The molecular weight excluding hydrogens is 208 g/mol. The van der Waals surface area contributed by atoms with Crippen LogP contribution in [0.2, 0.25) is 0 Å². The van der Waals surface area contributed by atoms with Gasteiger partial charge in [-0.2, -0.15) is 0 Å². The molecule has 0 radical (unpaired) electrons. The zero-order valence-electron chi connectivity index (χ0n) is 8.66. The number of carboxylic acids is 1. The summed E-state index contributed by atoms with van der Waals surface area (Å²) in [5.74, 6) is -1.08. The molecule has 0 bridgehead atoms. The fourth-order valence-electron chi connectivity index (χ4n) is 1.16. The lowest BCUT2D eigenvalue weighted by atomic mass is 10.1. The number of pyridine rings is 1. The topological polar surface area (TPSA) is 99.0 Å². The van der Waals surface area contributed by atoms with Crippen molar-refractivity contribution in [2.45, 2.75) is 6.92 Å². The van der Waals surface area contributed by atoms with E-state index in [1.54, 1.807) is 18.2 Å². The van der Waals surface area contributed by atoms with Crippen LogP contribution < -0.4 is 0 Å². The molecule has 0 unspecified atom stereocenters. The molecule has 1 N–H and O–H groups in total. The van der Waals surface area contributed by atoms with Gasteiger partial charge in [-0.25, -0.2) is 9.78 Å². The third kappa shape index (κ3) is 3.11. The number of hydrogen-bond acceptors (Lipinski definition) is 3. The smallest absolute Gasteiger partial charge is 0.355 e. The fraction of sp³-hybridized carbons (Fsp3) is 0.200. The molecule has 1 aromatic rings. The molecule has 1 heterocycles. The lowest BCUT2D eigenvalue weighted by Crippen LogP contribution is -2.03. The average Bonchev–Trinajstić information content (AvgIpc) is 2.24. The Morgan fingerprint density at radius 2 is 2.50 bits per heavy atom. The minimum atomic E-state index is -1.08. The van der Waals surface area contributed by atoms with E-state index in [-0.39, 0.29) is 12.2 Å². The van der Waals surface area contributed by atoms with Crippen molar-refractivity contribution in [2.24, 2.45) is 5.11 Å². The lowest BCUT2D eigenvalue weighted by Gasteiger charge is -2.00. The molecule has 16 heavy (non-hydrogen) atoms. The van der Waals surface area contributed by atoms with Crippen LogP contribution in [0.1, 0.15) is 21.6 Å². The van der Waals surface area contributed by atoms with E-state index in [0.717, 1.165) is 5.56 Å². The van der Waals surface area contributed by atoms with Crippen molar-refractivity contribution in [2.75, 3.05) is 6.54 Å². The van der Waals surface area contributed by atoms with E-state index in [9.17, 15) is 4.79 Å². The van der Waals surface area contributed by atoms with E-state index in [1.807, 2.05) is 6.92 Å². The van der Waals surface area contributed by atoms with Crippen molar-refractivity contribution >= 4 is 12.0 Å². The Kier molecular flexibility index (Phi) is 4.06. The van der Waals surface area contributed by atoms with Gasteiger partial charge in [0.1, 0.15) is 0 Å². The molecule has 0 aliphatic heterocycles. The van der Waals surface area contributed by atoms with Gasteiger partial charge in [0, 0.05) is 23.2 Å². The molecule has 0 aromatic carbocycles. The summed E-state index contributed by atoms with van der Waals surface area (Å²) in [7, 11) is 0. The third-order valence-electron chi connectivity index (χ3n) is 1.80. The SMILES string of the molecule is Cc1cnc(C(=O)O)c(C=CCN=[N+]=[N-])c1. The van der Waals surface area contributed by atoms with E-state index in [4.69, 9.17) is 10.6 Å². The molecule has 1 aromatic heterocycles. The maximum Gasteiger partial charge on any atom is 0.355 e. The Labute approximate surface area is 91.9 Å². The van der Waals surface area contributed by atoms with Crippen molar-refractivity contribution in [3.63, 3.8) is 0 Å². The van der Waals surface area contributed by atoms with Crippen LogP contribution in [-0.4, -0.2) is 22.6 Å². The summed E-state index contributed by atoms with van der Waals surface area (Å²) < 4.78 is 0. The van der Waals surface area contributed by atoms with Gasteiger partial charge < -0.3 is 5.11 Å². The zero-order valence-corrected chi connectivity index (χ0v) is 8.66. The summed E-state index contributed by atoms with van der Waals surface area (Å²) in [6, 6.07) is 1.71. The van der Waals surface area contributed by atoms with Crippen LogP contribution in [0.3, 0.4) is 0 Å². The molecule has 0 atom stereocenters. The monoisotopic (exact) mass is 218 g/mol. The first kappa shape index (κ1) is 11.7. The minimum Gasteiger partial charge on any atom is -0.476 e. The minimum absolute atomic E-state index is 0.0113. The van der Waals surface area contributed by atoms with Crippen LogP contribution >= 0.6 is 0 Å². The van der Waals surface area contributed by atoms with Crippen molar-refractivity contribution in [1.82, 2.24) is 4.98 Å².